The van der Waals surface area contributed by atoms with Gasteiger partial charge in [-0.1, -0.05) is 5.16 Å². The van der Waals surface area contributed by atoms with Gasteiger partial charge in [0.1, 0.15) is 35.4 Å². The predicted octanol–water partition coefficient (Wildman–Crippen LogP) is 3.66. The number of hydrogen-bond donors (Lipinski definition) is 0. The molecular weight excluding hydrogens is 490 g/mol. The van der Waals surface area contributed by atoms with Crippen LogP contribution in [0, 0.1) is 36.4 Å². The molecule has 13 heteroatoms. The first-order valence-corrected chi connectivity index (χ1v) is 12.0. The van der Waals surface area contributed by atoms with E-state index in [1.165, 1.54) is 26.4 Å². The van der Waals surface area contributed by atoms with Crippen molar-refractivity contribution >= 4 is 16.0 Å². The van der Waals surface area contributed by atoms with Gasteiger partial charge in [0, 0.05) is 44.5 Å². The summed E-state index contributed by atoms with van der Waals surface area (Å²) >= 11 is 0. The third kappa shape index (κ3) is 5.08. The van der Waals surface area contributed by atoms with Gasteiger partial charge in [0.15, 0.2) is 6.10 Å². The monoisotopic (exact) mass is 512 g/mol. The second kappa shape index (κ2) is 9.43. The Balaban J connectivity index is 1.55. The fraction of sp³-hybridized carbons (Fsp3) is 0.409. The Hall–Kier alpha value is -3.24. The molecule has 1 aromatic carbocycles. The highest BCUT2D eigenvalue weighted by Crippen LogP contribution is 2.38. The van der Waals surface area contributed by atoms with Gasteiger partial charge in [-0.3, -0.25) is 4.98 Å². The number of benzene rings is 1. The summed E-state index contributed by atoms with van der Waals surface area (Å²) in [4.78, 5) is 11.3. The number of likely N-dealkylation sites (tertiary alicyclic amines) is 1. The largest absolute Gasteiger partial charge is 0.560 e. The van der Waals surface area contributed by atoms with Crippen LogP contribution in [0.1, 0.15) is 23.8 Å². The van der Waals surface area contributed by atoms with Crippen LogP contribution in [0.15, 0.2) is 29.6 Å². The number of aromatic nitrogens is 1. The number of alkyl halides is 1. The number of aryl methyl sites for hydroxylation is 1. The van der Waals surface area contributed by atoms with Crippen molar-refractivity contribution in [3.8, 4) is 17.2 Å². The lowest BCUT2D eigenvalue weighted by Crippen LogP contribution is -2.28. The molecule has 0 spiro atoms. The zero-order valence-electron chi connectivity index (χ0n) is 19.0. The Morgan fingerprint density at radius 1 is 1.17 bits per heavy atom. The molecule has 8 nitrogen and oxygen atoms in total. The van der Waals surface area contributed by atoms with Gasteiger partial charge >= 0.3 is 16.3 Å². The van der Waals surface area contributed by atoms with Gasteiger partial charge in [-0.2, -0.15) is 0 Å². The Morgan fingerprint density at radius 2 is 1.86 bits per heavy atom. The molecule has 0 bridgehead atoms. The second-order valence-corrected chi connectivity index (χ2v) is 10.3. The van der Waals surface area contributed by atoms with Crippen molar-refractivity contribution in [1.82, 2.24) is 14.2 Å². The minimum absolute atomic E-state index is 0.0674. The molecule has 2 aliphatic rings. The highest BCUT2D eigenvalue weighted by molar-refractivity contribution is 7.91. The second-order valence-electron chi connectivity index (χ2n) is 8.50. The lowest BCUT2D eigenvalue weighted by atomic mass is 9.97. The molecule has 0 amide bonds. The van der Waals surface area contributed by atoms with E-state index in [0.29, 0.717) is 23.5 Å². The molecule has 3 atom stereocenters. The molecule has 0 aliphatic carbocycles. The summed E-state index contributed by atoms with van der Waals surface area (Å²) in [7, 11) is -1.32. The molecule has 4 rings (SSSR count). The van der Waals surface area contributed by atoms with Crippen molar-refractivity contribution in [3.63, 3.8) is 0 Å². The molecule has 0 saturated carbocycles. The van der Waals surface area contributed by atoms with Crippen molar-refractivity contribution < 1.29 is 30.8 Å². The normalized spacial score (nSPS) is 22.1. The van der Waals surface area contributed by atoms with Gasteiger partial charge in [-0.05, 0) is 18.6 Å². The van der Waals surface area contributed by atoms with Crippen molar-refractivity contribution in [1.29, 1.82) is 0 Å². The number of oxime groups is 1. The van der Waals surface area contributed by atoms with E-state index in [9.17, 15) is 26.0 Å². The van der Waals surface area contributed by atoms with Crippen LogP contribution in [-0.2, 0) is 15.0 Å². The summed E-state index contributed by atoms with van der Waals surface area (Å²) in [5.41, 5.74) is 0.471. The molecule has 1 fully saturated rings. The van der Waals surface area contributed by atoms with E-state index in [4.69, 9.17) is 4.84 Å². The SMILES string of the molecule is Cc1cnc([C@@H]2CC(N3CC(C#[N+]S(=O)(=O)N(C)C)[C@H](F)C3)=NO2)c(-c2c(F)cc(F)cc2F)c1. The fourth-order valence-electron chi connectivity index (χ4n) is 3.85. The van der Waals surface area contributed by atoms with E-state index in [1.54, 1.807) is 11.8 Å². The fourth-order valence-corrected chi connectivity index (χ4v) is 4.28. The average molecular weight is 513 g/mol. The third-order valence-corrected chi connectivity index (χ3v) is 6.96. The Morgan fingerprint density at radius 3 is 2.51 bits per heavy atom. The Bertz CT molecular complexity index is 1330. The van der Waals surface area contributed by atoms with Crippen LogP contribution < -0.4 is 0 Å². The van der Waals surface area contributed by atoms with Crippen LogP contribution in [0.5, 0.6) is 0 Å². The number of hydrogen-bond acceptors (Lipinski definition) is 6. The van der Waals surface area contributed by atoms with E-state index in [2.05, 4.69) is 20.5 Å². The van der Waals surface area contributed by atoms with Crippen molar-refractivity contribution in [2.75, 3.05) is 27.2 Å². The van der Waals surface area contributed by atoms with E-state index in [0.717, 1.165) is 4.31 Å². The average Bonchev–Trinajstić information content (AvgIpc) is 3.38. The number of pyridine rings is 1. The lowest BCUT2D eigenvalue weighted by Gasteiger charge is -2.17. The maximum Gasteiger partial charge on any atom is 0.560 e. The number of amidine groups is 1. The number of rotatable bonds is 3. The number of halogens is 4. The van der Waals surface area contributed by atoms with Gasteiger partial charge in [-0.25, -0.2) is 17.6 Å². The van der Waals surface area contributed by atoms with Crippen LogP contribution in [0.3, 0.4) is 0 Å². The summed E-state index contributed by atoms with van der Waals surface area (Å²) < 4.78 is 84.9. The molecule has 1 unspecified atom stereocenters. The first kappa shape index (κ1) is 24.9. The van der Waals surface area contributed by atoms with Crippen LogP contribution in [-0.4, -0.2) is 61.8 Å². The standard InChI is InChI=1S/C22H22F4N5O3S/c1-12-4-15(21-16(24)5-14(23)6-17(21)25)22(27-8-12)19-7-20(29-34-19)31-10-13(18(26)11-31)9-28-35(32,33)30(2)3/h4-6,8,13,18-19H,7,10-11H2,1-3H3/q+1/t13?,18-,19+/m1/s1. The summed E-state index contributed by atoms with van der Waals surface area (Å²) in [6, 6.07) is 5.05. The van der Waals surface area contributed by atoms with E-state index in [1.807, 2.05) is 0 Å². The molecular formula is C22H22F4N5O3S+. The molecule has 1 saturated heterocycles. The minimum atomic E-state index is -3.92. The maximum atomic E-state index is 14.5. The first-order valence-electron chi connectivity index (χ1n) is 10.6. The summed E-state index contributed by atoms with van der Waals surface area (Å²) in [6.07, 6.45) is -0.638. The summed E-state index contributed by atoms with van der Waals surface area (Å²) in [5, 5.41) is 4.00. The Labute approximate surface area is 199 Å². The smallest absolute Gasteiger partial charge is 0.384 e. The van der Waals surface area contributed by atoms with Crippen LogP contribution in [0.25, 0.3) is 15.4 Å². The summed E-state index contributed by atoms with van der Waals surface area (Å²) in [5.74, 6) is -3.75. The zero-order chi connectivity index (χ0) is 25.5. The van der Waals surface area contributed by atoms with Crippen molar-refractivity contribution in [3.05, 3.63) is 57.4 Å². The van der Waals surface area contributed by atoms with Gasteiger partial charge in [0.25, 0.3) is 0 Å². The molecule has 2 aliphatic heterocycles. The summed E-state index contributed by atoms with van der Waals surface area (Å²) in [6.45, 7) is 1.68. The number of nitrogens with zero attached hydrogens (tertiary/aromatic N) is 5. The Kier molecular flexibility index (Phi) is 6.70. The molecule has 1 aromatic heterocycles. The highest BCUT2D eigenvalue weighted by atomic mass is 32.2. The topological polar surface area (TPSA) is 79.5 Å². The first-order chi connectivity index (χ1) is 16.5. The predicted molar refractivity (Wildman–Crippen MR) is 120 cm³/mol. The van der Waals surface area contributed by atoms with Crippen molar-refractivity contribution in [2.24, 2.45) is 11.1 Å². The third-order valence-electron chi connectivity index (χ3n) is 5.70. The quantitative estimate of drug-likeness (QED) is 0.587. The van der Waals surface area contributed by atoms with Gasteiger partial charge in [0.2, 0.25) is 0 Å². The molecule has 35 heavy (non-hydrogen) atoms. The van der Waals surface area contributed by atoms with Gasteiger partial charge < -0.3 is 9.74 Å². The molecule has 0 radical (unpaired) electrons. The highest BCUT2D eigenvalue weighted by Gasteiger charge is 2.41. The van der Waals surface area contributed by atoms with Crippen LogP contribution in [0.2, 0.25) is 0 Å². The molecule has 186 valence electrons. The van der Waals surface area contributed by atoms with E-state index < -0.39 is 51.4 Å². The van der Waals surface area contributed by atoms with Gasteiger partial charge in [0.05, 0.1) is 28.5 Å². The van der Waals surface area contributed by atoms with E-state index in [-0.39, 0.29) is 30.8 Å². The van der Waals surface area contributed by atoms with Crippen LogP contribution >= 0.6 is 0 Å². The molecule has 0 N–H and O–H groups in total. The van der Waals surface area contributed by atoms with Gasteiger partial charge in [-0.15, -0.1) is 12.7 Å². The molecule has 3 heterocycles. The molecule has 2 aromatic rings. The van der Waals surface area contributed by atoms with Crippen molar-refractivity contribution in [2.45, 2.75) is 25.6 Å². The lowest BCUT2D eigenvalue weighted by molar-refractivity contribution is 0.0828. The zero-order valence-corrected chi connectivity index (χ0v) is 19.9. The van der Waals surface area contributed by atoms with Crippen LogP contribution in [0.4, 0.5) is 17.6 Å². The minimum Gasteiger partial charge on any atom is -0.384 e. The maximum absolute atomic E-state index is 14.5. The van der Waals surface area contributed by atoms with E-state index >= 15 is 0 Å².